The molecule has 1 aliphatic heterocycles. The standard InChI is InChI=1S/C14H21NO3S/c1-8(2)14(9(3)4)10-5-11-12(6-10)18-19(16,17)13(11,14)7-15/h8-12H,5-6H2,1-4H3. The van der Waals surface area contributed by atoms with E-state index in [4.69, 9.17) is 4.18 Å². The highest BCUT2D eigenvalue weighted by Gasteiger charge is 2.82. The van der Waals surface area contributed by atoms with E-state index >= 15 is 0 Å². The molecule has 0 aromatic heterocycles. The van der Waals surface area contributed by atoms with Crippen LogP contribution in [0.2, 0.25) is 0 Å². The summed E-state index contributed by atoms with van der Waals surface area (Å²) in [6, 6.07) is 2.23. The third-order valence-corrected chi connectivity index (χ3v) is 8.10. The van der Waals surface area contributed by atoms with Crippen LogP contribution in [0.5, 0.6) is 0 Å². The van der Waals surface area contributed by atoms with Gasteiger partial charge in [0.15, 0.2) is 4.75 Å². The summed E-state index contributed by atoms with van der Waals surface area (Å²) in [5.74, 6) is 0.468. The molecule has 2 bridgehead atoms. The van der Waals surface area contributed by atoms with Crippen LogP contribution in [0, 0.1) is 40.4 Å². The summed E-state index contributed by atoms with van der Waals surface area (Å²) >= 11 is 0. The van der Waals surface area contributed by atoms with Crippen LogP contribution >= 0.6 is 0 Å². The van der Waals surface area contributed by atoms with Crippen LogP contribution in [0.1, 0.15) is 40.5 Å². The maximum Gasteiger partial charge on any atom is 0.288 e. The van der Waals surface area contributed by atoms with Crippen molar-refractivity contribution in [3.05, 3.63) is 0 Å². The lowest BCUT2D eigenvalue weighted by Gasteiger charge is -2.50. The minimum atomic E-state index is -3.80. The molecule has 1 saturated heterocycles. The lowest BCUT2D eigenvalue weighted by molar-refractivity contribution is 0.00731. The predicted octanol–water partition coefficient (Wildman–Crippen LogP) is 2.32. The molecule has 0 radical (unpaired) electrons. The van der Waals surface area contributed by atoms with Crippen molar-refractivity contribution in [1.29, 1.82) is 5.26 Å². The van der Waals surface area contributed by atoms with Crippen LogP contribution in [0.4, 0.5) is 0 Å². The van der Waals surface area contributed by atoms with Crippen LogP contribution in [0.3, 0.4) is 0 Å². The molecule has 4 unspecified atom stereocenters. The zero-order valence-corrected chi connectivity index (χ0v) is 12.7. The third-order valence-electron chi connectivity index (χ3n) is 6.07. The summed E-state index contributed by atoms with van der Waals surface area (Å²) in [6.07, 6.45) is 1.37. The fourth-order valence-electron chi connectivity index (χ4n) is 5.89. The molecule has 2 aliphatic carbocycles. The van der Waals surface area contributed by atoms with Gasteiger partial charge in [-0.05, 0) is 30.6 Å². The molecular formula is C14H21NO3S. The quantitative estimate of drug-likeness (QED) is 0.729. The molecule has 0 aromatic rings. The van der Waals surface area contributed by atoms with Gasteiger partial charge in [-0.1, -0.05) is 27.7 Å². The molecule has 0 N–H and O–H groups in total. The lowest BCUT2D eigenvalue weighted by atomic mass is 9.54. The Morgan fingerprint density at radius 2 is 1.79 bits per heavy atom. The maximum absolute atomic E-state index is 12.6. The van der Waals surface area contributed by atoms with E-state index in [1.54, 1.807) is 0 Å². The van der Waals surface area contributed by atoms with Gasteiger partial charge in [0.2, 0.25) is 0 Å². The zero-order valence-electron chi connectivity index (χ0n) is 11.9. The Morgan fingerprint density at radius 1 is 1.21 bits per heavy atom. The molecule has 4 atom stereocenters. The van der Waals surface area contributed by atoms with E-state index < -0.39 is 20.3 Å². The molecule has 2 saturated carbocycles. The Labute approximate surface area is 115 Å². The van der Waals surface area contributed by atoms with E-state index in [1.807, 2.05) is 0 Å². The summed E-state index contributed by atoms with van der Waals surface area (Å²) < 4.78 is 29.2. The normalized spacial score (nSPS) is 45.0. The van der Waals surface area contributed by atoms with Crippen molar-refractivity contribution in [2.75, 3.05) is 0 Å². The highest BCUT2D eigenvalue weighted by atomic mass is 32.2. The SMILES string of the molecule is CC(C)C1(C(C)C)C2CC3OS(=O)(=O)C1(C#N)C3C2. The predicted molar refractivity (Wildman–Crippen MR) is 70.5 cm³/mol. The molecule has 0 amide bonds. The number of nitrogens with zero attached hydrogens (tertiary/aromatic N) is 1. The minimum absolute atomic E-state index is 0.128. The molecule has 19 heavy (non-hydrogen) atoms. The molecule has 5 heteroatoms. The second-order valence-electron chi connectivity index (χ2n) is 6.95. The first-order chi connectivity index (χ1) is 8.75. The van der Waals surface area contributed by atoms with E-state index in [1.165, 1.54) is 0 Å². The summed E-state index contributed by atoms with van der Waals surface area (Å²) in [7, 11) is -3.80. The lowest BCUT2D eigenvalue weighted by Crippen LogP contribution is -2.59. The molecule has 106 valence electrons. The maximum atomic E-state index is 12.6. The van der Waals surface area contributed by atoms with Gasteiger partial charge in [0.25, 0.3) is 10.1 Å². The van der Waals surface area contributed by atoms with Gasteiger partial charge < -0.3 is 0 Å². The van der Waals surface area contributed by atoms with Crippen LogP contribution in [0.15, 0.2) is 0 Å². The monoisotopic (exact) mass is 283 g/mol. The van der Waals surface area contributed by atoms with Crippen molar-refractivity contribution in [2.45, 2.75) is 51.4 Å². The van der Waals surface area contributed by atoms with E-state index in [9.17, 15) is 13.7 Å². The van der Waals surface area contributed by atoms with Crippen LogP contribution in [0.25, 0.3) is 0 Å². The first kappa shape index (κ1) is 13.4. The minimum Gasteiger partial charge on any atom is -0.265 e. The Hall–Kier alpha value is -0.600. The Balaban J connectivity index is 2.35. The number of rotatable bonds is 2. The van der Waals surface area contributed by atoms with Crippen molar-refractivity contribution in [3.63, 3.8) is 0 Å². The average Bonchev–Trinajstić information content (AvgIpc) is 2.83. The first-order valence-electron chi connectivity index (χ1n) is 7.09. The van der Waals surface area contributed by atoms with Gasteiger partial charge >= 0.3 is 0 Å². The summed E-state index contributed by atoms with van der Waals surface area (Å²) in [5.41, 5.74) is -0.474. The average molecular weight is 283 g/mol. The van der Waals surface area contributed by atoms with E-state index in [2.05, 4.69) is 33.8 Å². The molecule has 4 nitrogen and oxygen atoms in total. The van der Waals surface area contributed by atoms with E-state index in [-0.39, 0.29) is 23.9 Å². The molecule has 3 aliphatic rings. The van der Waals surface area contributed by atoms with Crippen molar-refractivity contribution < 1.29 is 12.6 Å². The third kappa shape index (κ3) is 1.09. The summed E-state index contributed by atoms with van der Waals surface area (Å²) in [5, 5.41) is 9.83. The fourth-order valence-corrected chi connectivity index (χ4v) is 8.38. The van der Waals surface area contributed by atoms with Gasteiger partial charge in [0.05, 0.1) is 12.2 Å². The highest BCUT2D eigenvalue weighted by molar-refractivity contribution is 7.88. The molecule has 3 rings (SSSR count). The Kier molecular flexibility index (Phi) is 2.49. The van der Waals surface area contributed by atoms with Gasteiger partial charge in [-0.2, -0.15) is 13.7 Å². The number of hydrogen-bond acceptors (Lipinski definition) is 4. The van der Waals surface area contributed by atoms with Crippen LogP contribution in [-0.4, -0.2) is 19.3 Å². The smallest absolute Gasteiger partial charge is 0.265 e. The molecular weight excluding hydrogens is 262 g/mol. The first-order valence-corrected chi connectivity index (χ1v) is 8.50. The van der Waals surface area contributed by atoms with Crippen molar-refractivity contribution in [2.24, 2.45) is 29.1 Å². The highest BCUT2D eigenvalue weighted by Crippen LogP contribution is 2.73. The molecule has 3 fully saturated rings. The Bertz CT molecular complexity index is 552. The summed E-state index contributed by atoms with van der Waals surface area (Å²) in [4.78, 5) is 0. The second-order valence-corrected chi connectivity index (χ2v) is 8.70. The van der Waals surface area contributed by atoms with Crippen molar-refractivity contribution in [3.8, 4) is 6.07 Å². The number of fused-ring (bicyclic) bond motifs is 1. The number of nitriles is 1. The van der Waals surface area contributed by atoms with E-state index in [0.29, 0.717) is 5.92 Å². The zero-order chi connectivity index (χ0) is 14.2. The van der Waals surface area contributed by atoms with E-state index in [0.717, 1.165) is 12.8 Å². The largest absolute Gasteiger partial charge is 0.288 e. The number of hydrogen-bond donors (Lipinski definition) is 0. The van der Waals surface area contributed by atoms with Crippen molar-refractivity contribution in [1.82, 2.24) is 0 Å². The fraction of sp³-hybridized carbons (Fsp3) is 0.929. The van der Waals surface area contributed by atoms with Gasteiger partial charge in [-0.3, -0.25) is 4.18 Å². The van der Waals surface area contributed by atoms with Crippen molar-refractivity contribution >= 4 is 10.1 Å². The van der Waals surface area contributed by atoms with Gasteiger partial charge in [-0.25, -0.2) is 0 Å². The molecule has 0 aromatic carbocycles. The molecule has 1 heterocycles. The molecule has 0 spiro atoms. The van der Waals surface area contributed by atoms with Gasteiger partial charge in [0, 0.05) is 11.3 Å². The van der Waals surface area contributed by atoms with Gasteiger partial charge in [-0.15, -0.1) is 0 Å². The Morgan fingerprint density at radius 3 is 2.26 bits per heavy atom. The van der Waals surface area contributed by atoms with Gasteiger partial charge in [0.1, 0.15) is 0 Å². The van der Waals surface area contributed by atoms with Crippen LogP contribution < -0.4 is 0 Å². The summed E-state index contributed by atoms with van der Waals surface area (Å²) in [6.45, 7) is 8.23. The van der Waals surface area contributed by atoms with Crippen LogP contribution in [-0.2, 0) is 14.3 Å². The topological polar surface area (TPSA) is 67.2 Å². The second kappa shape index (κ2) is 3.53.